The van der Waals surface area contributed by atoms with Crippen molar-refractivity contribution in [2.75, 3.05) is 25.1 Å². The number of amides is 2. The van der Waals surface area contributed by atoms with Crippen molar-refractivity contribution >= 4 is 26.0 Å². The number of hydrogen-bond donors (Lipinski definition) is 2. The van der Waals surface area contributed by atoms with Crippen LogP contribution in [-0.2, 0) is 18.6 Å². The molecule has 0 saturated carbocycles. The molecule has 0 fully saturated rings. The maximum absolute atomic E-state index is 12.0. The van der Waals surface area contributed by atoms with Crippen molar-refractivity contribution in [1.29, 1.82) is 5.26 Å². The molecule has 37 heavy (non-hydrogen) atoms. The van der Waals surface area contributed by atoms with Crippen LogP contribution in [-0.4, -0.2) is 48.3 Å². The molecule has 1 rings (SSSR count). The van der Waals surface area contributed by atoms with Gasteiger partial charge in [-0.15, -0.1) is 6.42 Å². The van der Waals surface area contributed by atoms with Crippen molar-refractivity contribution < 1.29 is 18.6 Å². The number of terminal acetylenes is 1. The number of nitrogens with zero attached hydrogens (tertiary/aromatic N) is 2. The van der Waals surface area contributed by atoms with E-state index in [9.17, 15) is 9.59 Å². The topological polar surface area (TPSA) is 104 Å². The van der Waals surface area contributed by atoms with Crippen LogP contribution in [0.15, 0.2) is 24.3 Å². The van der Waals surface area contributed by atoms with Crippen molar-refractivity contribution in [3.63, 3.8) is 0 Å². The number of anilines is 1. The molecule has 0 saturated heterocycles. The Bertz CT molecular complexity index is 870. The lowest BCUT2D eigenvalue weighted by atomic mass is 10.2. The number of benzene rings is 1. The summed E-state index contributed by atoms with van der Waals surface area (Å²) in [5.41, 5.74) is 1.45. The smallest absolute Gasteiger partial charge is 0.259 e. The fraction of sp³-hybridized carbons (Fsp3) is 0.607. The van der Waals surface area contributed by atoms with E-state index in [1.165, 1.54) is 0 Å². The second-order valence-electron chi connectivity index (χ2n) is 9.27. The lowest BCUT2D eigenvalue weighted by Gasteiger charge is -2.35. The summed E-state index contributed by atoms with van der Waals surface area (Å²) < 4.78 is 14.2. The molecule has 204 valence electrons. The molecular weight excluding hydrogens is 487 g/mol. The molecule has 1 unspecified atom stereocenters. The van der Waals surface area contributed by atoms with Crippen molar-refractivity contribution in [2.24, 2.45) is 0 Å². The van der Waals surface area contributed by atoms with Crippen LogP contribution >= 0.6 is 8.53 Å². The van der Waals surface area contributed by atoms with Crippen LogP contribution in [0.2, 0.25) is 0 Å². The van der Waals surface area contributed by atoms with E-state index in [0.717, 1.165) is 31.2 Å². The van der Waals surface area contributed by atoms with Gasteiger partial charge in [0.1, 0.15) is 0 Å². The first kappa shape index (κ1) is 32.5. The maximum atomic E-state index is 12.0. The summed E-state index contributed by atoms with van der Waals surface area (Å²) in [6.45, 7) is 10.1. The Morgan fingerprint density at radius 3 is 2.19 bits per heavy atom. The second kappa shape index (κ2) is 19.6. The minimum atomic E-state index is -1.19. The molecule has 0 aliphatic rings. The van der Waals surface area contributed by atoms with E-state index < -0.39 is 8.53 Å². The maximum Gasteiger partial charge on any atom is 0.259 e. The molecule has 1 aromatic rings. The third-order valence-corrected chi connectivity index (χ3v) is 7.51. The Morgan fingerprint density at radius 1 is 0.946 bits per heavy atom. The minimum Gasteiger partial charge on any atom is -0.356 e. The molecule has 1 atom stereocenters. The molecule has 2 amide bonds. The van der Waals surface area contributed by atoms with Gasteiger partial charge >= 0.3 is 0 Å². The van der Waals surface area contributed by atoms with Gasteiger partial charge in [0.05, 0.1) is 25.7 Å². The fourth-order valence-corrected chi connectivity index (χ4v) is 5.26. The van der Waals surface area contributed by atoms with Gasteiger partial charge < -0.3 is 19.7 Å². The molecule has 8 nitrogen and oxygen atoms in total. The van der Waals surface area contributed by atoms with Crippen molar-refractivity contribution in [3.05, 3.63) is 29.8 Å². The molecule has 0 aliphatic carbocycles. The molecule has 0 heterocycles. The van der Waals surface area contributed by atoms with E-state index in [4.69, 9.17) is 20.7 Å². The Kier molecular flexibility index (Phi) is 17.2. The Labute approximate surface area is 224 Å². The van der Waals surface area contributed by atoms with Crippen LogP contribution in [0.4, 0.5) is 5.69 Å². The average Bonchev–Trinajstić information content (AvgIpc) is 2.85. The monoisotopic (exact) mass is 530 g/mol. The fourth-order valence-electron chi connectivity index (χ4n) is 3.64. The highest BCUT2D eigenvalue weighted by molar-refractivity contribution is 7.44. The van der Waals surface area contributed by atoms with E-state index >= 15 is 0 Å². The number of nitriles is 1. The summed E-state index contributed by atoms with van der Waals surface area (Å²) >= 11 is 0. The van der Waals surface area contributed by atoms with E-state index in [0.29, 0.717) is 44.7 Å². The molecular formula is C28H43N4O4P. The van der Waals surface area contributed by atoms with Gasteiger partial charge in [-0.2, -0.15) is 5.26 Å². The summed E-state index contributed by atoms with van der Waals surface area (Å²) in [5, 5.41) is 14.5. The normalized spacial score (nSPS) is 11.8. The number of carbonyl (C=O) groups excluding carboxylic acids is 2. The average molecular weight is 531 g/mol. The van der Waals surface area contributed by atoms with E-state index in [2.05, 4.69) is 55.0 Å². The zero-order valence-electron chi connectivity index (χ0n) is 22.8. The second-order valence-corrected chi connectivity index (χ2v) is 10.7. The first-order valence-corrected chi connectivity index (χ1v) is 14.3. The van der Waals surface area contributed by atoms with Crippen LogP contribution in [0, 0.1) is 23.7 Å². The SMILES string of the molecule is C#Cc1ccc(NC(=O)CCCC(=O)NCCCCCCOP(OCCC#N)N(C(C)C)C(C)C)cc1. The van der Waals surface area contributed by atoms with Gasteiger partial charge in [-0.25, -0.2) is 4.67 Å². The van der Waals surface area contributed by atoms with Gasteiger partial charge in [0.25, 0.3) is 8.53 Å². The highest BCUT2D eigenvalue weighted by Gasteiger charge is 2.26. The summed E-state index contributed by atoms with van der Waals surface area (Å²) in [6, 6.07) is 9.77. The lowest BCUT2D eigenvalue weighted by molar-refractivity contribution is -0.121. The van der Waals surface area contributed by atoms with Gasteiger partial charge in [0.2, 0.25) is 11.8 Å². The molecule has 1 aromatic carbocycles. The Morgan fingerprint density at radius 2 is 1.57 bits per heavy atom. The van der Waals surface area contributed by atoms with E-state index in [1.807, 2.05) is 0 Å². The summed E-state index contributed by atoms with van der Waals surface area (Å²) in [7, 11) is -1.19. The predicted molar refractivity (Wildman–Crippen MR) is 150 cm³/mol. The molecule has 0 spiro atoms. The van der Waals surface area contributed by atoms with Crippen molar-refractivity contribution in [3.8, 4) is 18.4 Å². The summed E-state index contributed by atoms with van der Waals surface area (Å²) in [4.78, 5) is 24.1. The molecule has 0 radical (unpaired) electrons. The first-order valence-electron chi connectivity index (χ1n) is 13.1. The largest absolute Gasteiger partial charge is 0.356 e. The van der Waals surface area contributed by atoms with Gasteiger partial charge in [0.15, 0.2) is 0 Å². The molecule has 0 aliphatic heterocycles. The van der Waals surface area contributed by atoms with Gasteiger partial charge in [-0.3, -0.25) is 9.59 Å². The van der Waals surface area contributed by atoms with Crippen molar-refractivity contribution in [2.45, 2.75) is 91.1 Å². The zero-order chi connectivity index (χ0) is 27.5. The van der Waals surface area contributed by atoms with E-state index in [1.54, 1.807) is 24.3 Å². The predicted octanol–water partition coefficient (Wildman–Crippen LogP) is 5.75. The number of carbonyl (C=O) groups is 2. The quantitative estimate of drug-likeness (QED) is 0.134. The molecule has 9 heteroatoms. The van der Waals surface area contributed by atoms with Crippen LogP contribution in [0.5, 0.6) is 0 Å². The summed E-state index contributed by atoms with van der Waals surface area (Å²) in [5.74, 6) is 2.38. The Balaban J connectivity index is 2.14. The summed E-state index contributed by atoms with van der Waals surface area (Å²) in [6.07, 6.45) is 10.6. The van der Waals surface area contributed by atoms with Gasteiger partial charge in [-0.05, 0) is 71.2 Å². The van der Waals surface area contributed by atoms with Crippen molar-refractivity contribution in [1.82, 2.24) is 9.99 Å². The third-order valence-electron chi connectivity index (χ3n) is 5.40. The van der Waals surface area contributed by atoms with Crippen LogP contribution in [0.3, 0.4) is 0 Å². The standard InChI is InChI=1S/C28H43N4O4P/c1-6-25-15-17-26(18-16-25)31-28(34)14-11-13-27(33)30-20-9-7-8-10-21-35-37(36-22-12-19-29)32(23(2)3)24(4)5/h1,15-18,23-24H,7-14,20-22H2,2-5H3,(H,30,33)(H,31,34). The van der Waals surface area contributed by atoms with Crippen LogP contribution < -0.4 is 10.6 Å². The molecule has 2 N–H and O–H groups in total. The highest BCUT2D eigenvalue weighted by atomic mass is 31.2. The zero-order valence-corrected chi connectivity index (χ0v) is 23.7. The molecule has 0 bridgehead atoms. The minimum absolute atomic E-state index is 0.0304. The number of unbranched alkanes of at least 4 members (excludes halogenated alkanes) is 3. The Hall–Kier alpha value is -2.48. The number of hydrogen-bond acceptors (Lipinski definition) is 6. The number of nitrogens with one attached hydrogen (secondary N) is 2. The van der Waals surface area contributed by atoms with Gasteiger partial charge in [0, 0.05) is 42.7 Å². The number of rotatable bonds is 19. The van der Waals surface area contributed by atoms with Gasteiger partial charge in [-0.1, -0.05) is 18.8 Å². The highest BCUT2D eigenvalue weighted by Crippen LogP contribution is 2.46. The first-order chi connectivity index (χ1) is 17.8. The van der Waals surface area contributed by atoms with E-state index in [-0.39, 0.29) is 30.3 Å². The van der Waals surface area contributed by atoms with Crippen LogP contribution in [0.1, 0.15) is 84.6 Å². The lowest BCUT2D eigenvalue weighted by Crippen LogP contribution is -2.33. The molecule has 0 aromatic heterocycles. The third kappa shape index (κ3) is 14.7. The van der Waals surface area contributed by atoms with Crippen LogP contribution in [0.25, 0.3) is 0 Å².